The lowest BCUT2D eigenvalue weighted by Crippen LogP contribution is -2.31. The molecule has 0 aliphatic carbocycles. The number of nitrogens with one attached hydrogen (secondary N) is 3. The normalized spacial score (nSPS) is 11.2. The number of pyridine rings is 1. The average Bonchev–Trinajstić information content (AvgIpc) is 2.69. The lowest BCUT2D eigenvalue weighted by Gasteiger charge is -2.14. The summed E-state index contributed by atoms with van der Waals surface area (Å²) in [5, 5.41) is 8.35. The zero-order valence-corrected chi connectivity index (χ0v) is 19.2. The quantitative estimate of drug-likeness (QED) is 0.462. The first-order valence-electron chi connectivity index (χ1n) is 9.81. The average molecular weight is 478 g/mol. The number of hydrogen-bond donors (Lipinski definition) is 3. The third-order valence-electron chi connectivity index (χ3n) is 3.92. The summed E-state index contributed by atoms with van der Waals surface area (Å²) >= 11 is 0. The van der Waals surface area contributed by atoms with E-state index >= 15 is 0 Å². The monoisotopic (exact) mass is 477 g/mol. The molecule has 9 nitrogen and oxygen atoms in total. The van der Waals surface area contributed by atoms with Gasteiger partial charge in [0.05, 0.1) is 5.69 Å². The van der Waals surface area contributed by atoms with Gasteiger partial charge >= 0.3 is 0 Å². The van der Waals surface area contributed by atoms with Crippen LogP contribution in [-0.2, 0) is 9.73 Å². The Kier molecular flexibility index (Phi) is 7.16. The molecule has 0 saturated heterocycles. The molecule has 0 spiro atoms. The predicted octanol–water partition coefficient (Wildman–Crippen LogP) is 4.38. The van der Waals surface area contributed by atoms with Crippen LogP contribution in [0.5, 0.6) is 0 Å². The number of anilines is 4. The van der Waals surface area contributed by atoms with Crippen molar-refractivity contribution in [3.63, 3.8) is 0 Å². The highest BCUT2D eigenvalue weighted by Crippen LogP contribution is 2.24. The van der Waals surface area contributed by atoms with Crippen molar-refractivity contribution in [1.29, 1.82) is 0 Å². The first-order chi connectivity index (χ1) is 15.5. The van der Waals surface area contributed by atoms with Crippen molar-refractivity contribution in [2.45, 2.75) is 19.9 Å². The molecule has 3 aromatic rings. The lowest BCUT2D eigenvalue weighted by molar-refractivity contribution is 0.0943. The van der Waals surface area contributed by atoms with E-state index in [1.807, 2.05) is 0 Å². The second kappa shape index (κ2) is 9.86. The van der Waals surface area contributed by atoms with Gasteiger partial charge in [-0.3, -0.25) is 4.79 Å². The summed E-state index contributed by atoms with van der Waals surface area (Å²) in [6.07, 6.45) is 4.25. The van der Waals surface area contributed by atoms with E-state index in [0.29, 0.717) is 0 Å². The summed E-state index contributed by atoms with van der Waals surface area (Å²) in [7, 11) is -2.43. The van der Waals surface area contributed by atoms with Crippen LogP contribution in [0.25, 0.3) is 0 Å². The van der Waals surface area contributed by atoms with Crippen molar-refractivity contribution in [3.05, 3.63) is 59.8 Å². The molecule has 0 aliphatic rings. The van der Waals surface area contributed by atoms with Gasteiger partial charge in [0.1, 0.15) is 28.8 Å². The Balaban J connectivity index is 0.00000408. The standard InChI is InChI=1S/C21H23F2N7O2S.H2/c1-12(2)25-20(31)14-11-24-21(26-16-9-8-13(22)10-15(16)23)29-19(14)28-17-6-5-7-18(27-17)30-33(3,4)32;/h5-12H,1-4H3,(H,25,31)(H2,24,26,27,28,29);1H. The Hall–Kier alpha value is -3.67. The second-order valence-corrected chi connectivity index (χ2v) is 10.2. The van der Waals surface area contributed by atoms with Crippen LogP contribution in [0, 0.1) is 11.6 Å². The number of rotatable bonds is 7. The third kappa shape index (κ3) is 6.91. The fraction of sp³-hybridized carbons (Fsp3) is 0.238. The van der Waals surface area contributed by atoms with Crippen molar-refractivity contribution < 1.29 is 19.2 Å². The molecule has 1 aromatic carbocycles. The minimum Gasteiger partial charge on any atom is -0.350 e. The second-order valence-electron chi connectivity index (χ2n) is 7.61. The number of benzene rings is 1. The smallest absolute Gasteiger partial charge is 0.256 e. The van der Waals surface area contributed by atoms with E-state index in [-0.39, 0.29) is 42.1 Å². The van der Waals surface area contributed by atoms with Gasteiger partial charge in [-0.1, -0.05) is 6.07 Å². The molecular formula is C21H25F2N7O2S. The van der Waals surface area contributed by atoms with Gasteiger partial charge in [0.2, 0.25) is 5.95 Å². The number of aromatic nitrogens is 3. The SMILES string of the molecule is CC(C)NC(=O)c1cnc(Nc2ccc(F)cc2F)nc1Nc1cccc(N=S(C)(C)=O)n1.[HH]. The number of hydrogen-bond acceptors (Lipinski definition) is 8. The van der Waals surface area contributed by atoms with E-state index in [4.69, 9.17) is 0 Å². The molecule has 0 radical (unpaired) electrons. The van der Waals surface area contributed by atoms with Crippen molar-refractivity contribution in [3.8, 4) is 0 Å². The van der Waals surface area contributed by atoms with E-state index in [9.17, 15) is 17.8 Å². The largest absolute Gasteiger partial charge is 0.350 e. The van der Waals surface area contributed by atoms with Crippen LogP contribution in [0.3, 0.4) is 0 Å². The molecule has 0 atom stereocenters. The highest BCUT2D eigenvalue weighted by atomic mass is 32.2. The van der Waals surface area contributed by atoms with Crippen LogP contribution in [0.1, 0.15) is 25.6 Å². The Morgan fingerprint density at radius 2 is 1.88 bits per heavy atom. The van der Waals surface area contributed by atoms with Gasteiger partial charge in [0, 0.05) is 42.0 Å². The van der Waals surface area contributed by atoms with Gasteiger partial charge in [0.15, 0.2) is 5.82 Å². The van der Waals surface area contributed by atoms with Gasteiger partial charge in [-0.25, -0.2) is 23.0 Å². The summed E-state index contributed by atoms with van der Waals surface area (Å²) in [6, 6.07) is 7.75. The molecule has 3 N–H and O–H groups in total. The van der Waals surface area contributed by atoms with Gasteiger partial charge in [-0.05, 0) is 38.1 Å². The molecule has 33 heavy (non-hydrogen) atoms. The third-order valence-corrected chi connectivity index (χ3v) is 4.55. The molecule has 1 amide bonds. The summed E-state index contributed by atoms with van der Waals surface area (Å²) in [6.45, 7) is 3.61. The first kappa shape index (κ1) is 24.0. The van der Waals surface area contributed by atoms with Gasteiger partial charge in [-0.2, -0.15) is 9.35 Å². The van der Waals surface area contributed by atoms with E-state index in [1.165, 1.54) is 24.8 Å². The summed E-state index contributed by atoms with van der Waals surface area (Å²) in [5.41, 5.74) is 0.0778. The molecule has 2 aromatic heterocycles. The van der Waals surface area contributed by atoms with E-state index in [2.05, 4.69) is 35.3 Å². The number of carbonyl (C=O) groups excluding carboxylic acids is 1. The lowest BCUT2D eigenvalue weighted by atomic mass is 10.2. The molecule has 0 fully saturated rings. The zero-order chi connectivity index (χ0) is 24.2. The highest BCUT2D eigenvalue weighted by molar-refractivity contribution is 7.92. The fourth-order valence-electron chi connectivity index (χ4n) is 2.65. The number of halogens is 2. The van der Waals surface area contributed by atoms with Crippen LogP contribution in [-0.4, -0.2) is 43.6 Å². The van der Waals surface area contributed by atoms with E-state index in [1.54, 1.807) is 32.0 Å². The maximum absolute atomic E-state index is 14.0. The maximum atomic E-state index is 14.0. The minimum absolute atomic E-state index is 0. The van der Waals surface area contributed by atoms with E-state index in [0.717, 1.165) is 12.1 Å². The van der Waals surface area contributed by atoms with Crippen LogP contribution < -0.4 is 16.0 Å². The van der Waals surface area contributed by atoms with Crippen LogP contribution in [0.2, 0.25) is 0 Å². The molecule has 12 heteroatoms. The Bertz CT molecular complexity index is 1310. The number of carbonyl (C=O) groups is 1. The first-order valence-corrected chi connectivity index (χ1v) is 12.1. The van der Waals surface area contributed by atoms with Gasteiger partial charge < -0.3 is 16.0 Å². The van der Waals surface area contributed by atoms with Crippen molar-refractivity contribution in [2.24, 2.45) is 4.36 Å². The minimum atomic E-state index is -2.43. The Morgan fingerprint density at radius 1 is 1.12 bits per heavy atom. The summed E-state index contributed by atoms with van der Waals surface area (Å²) < 4.78 is 43.3. The summed E-state index contributed by atoms with van der Waals surface area (Å²) in [4.78, 5) is 25.3. The Labute approximate surface area is 191 Å². The van der Waals surface area contributed by atoms with Crippen LogP contribution in [0.15, 0.2) is 47.0 Å². The highest BCUT2D eigenvalue weighted by Gasteiger charge is 2.17. The molecule has 3 rings (SSSR count). The van der Waals surface area contributed by atoms with Crippen molar-refractivity contribution in [2.75, 3.05) is 23.1 Å². The Morgan fingerprint density at radius 3 is 2.55 bits per heavy atom. The zero-order valence-electron chi connectivity index (χ0n) is 18.4. The van der Waals surface area contributed by atoms with Gasteiger partial charge in [0.25, 0.3) is 5.91 Å². The van der Waals surface area contributed by atoms with Crippen LogP contribution >= 0.6 is 0 Å². The summed E-state index contributed by atoms with van der Waals surface area (Å²) in [5.74, 6) is -1.39. The molecule has 0 aliphatic heterocycles. The maximum Gasteiger partial charge on any atom is 0.256 e. The predicted molar refractivity (Wildman–Crippen MR) is 126 cm³/mol. The van der Waals surface area contributed by atoms with Crippen LogP contribution in [0.4, 0.5) is 37.9 Å². The van der Waals surface area contributed by atoms with Crippen molar-refractivity contribution in [1.82, 2.24) is 20.3 Å². The molecule has 0 unspecified atom stereocenters. The van der Waals surface area contributed by atoms with Gasteiger partial charge in [-0.15, -0.1) is 0 Å². The molecule has 0 saturated carbocycles. The van der Waals surface area contributed by atoms with Crippen molar-refractivity contribution >= 4 is 44.7 Å². The fourth-order valence-corrected chi connectivity index (χ4v) is 3.20. The van der Waals surface area contributed by atoms with E-state index < -0.39 is 27.3 Å². The molecule has 0 bridgehead atoms. The molecular weight excluding hydrogens is 452 g/mol. The number of nitrogens with zero attached hydrogens (tertiary/aromatic N) is 4. The molecule has 2 heterocycles. The molecule has 176 valence electrons. The topological polar surface area (TPSA) is 121 Å². The number of amides is 1.